The number of carboxylic acid groups (broad SMARTS) is 1. The lowest BCUT2D eigenvalue weighted by atomic mass is 10.2. The average molecular weight is 204 g/mol. The summed E-state index contributed by atoms with van der Waals surface area (Å²) in [6.07, 6.45) is -1.68. The molecule has 0 radical (unpaired) electrons. The Kier molecular flexibility index (Phi) is 5.50. The SMILES string of the molecule is C=C(C(=O)OCCC(=O)O)C(O)CO. The molecule has 80 valence electrons. The van der Waals surface area contributed by atoms with E-state index in [9.17, 15) is 9.59 Å². The zero-order valence-electron chi connectivity index (χ0n) is 7.47. The molecule has 0 fully saturated rings. The Balaban J connectivity index is 3.85. The summed E-state index contributed by atoms with van der Waals surface area (Å²) in [6, 6.07) is 0. The third-order valence-corrected chi connectivity index (χ3v) is 1.39. The summed E-state index contributed by atoms with van der Waals surface area (Å²) in [5, 5.41) is 25.6. The maximum atomic E-state index is 10.9. The Bertz CT molecular complexity index is 234. The lowest BCUT2D eigenvalue weighted by Crippen LogP contribution is -2.23. The van der Waals surface area contributed by atoms with Crippen LogP contribution in [0.1, 0.15) is 6.42 Å². The fraction of sp³-hybridized carbons (Fsp3) is 0.500. The van der Waals surface area contributed by atoms with Crippen molar-refractivity contribution in [2.24, 2.45) is 0 Å². The van der Waals surface area contributed by atoms with Crippen LogP contribution in [0.5, 0.6) is 0 Å². The van der Waals surface area contributed by atoms with Crippen LogP contribution in [-0.2, 0) is 14.3 Å². The van der Waals surface area contributed by atoms with Gasteiger partial charge >= 0.3 is 11.9 Å². The smallest absolute Gasteiger partial charge is 0.336 e. The maximum absolute atomic E-state index is 10.9. The van der Waals surface area contributed by atoms with Crippen LogP contribution in [-0.4, -0.2) is 46.6 Å². The molecule has 0 heterocycles. The highest BCUT2D eigenvalue weighted by molar-refractivity contribution is 5.88. The Hall–Kier alpha value is -1.40. The van der Waals surface area contributed by atoms with E-state index in [4.69, 9.17) is 15.3 Å². The van der Waals surface area contributed by atoms with Crippen LogP contribution in [0, 0.1) is 0 Å². The summed E-state index contributed by atoms with van der Waals surface area (Å²) >= 11 is 0. The van der Waals surface area contributed by atoms with Gasteiger partial charge in [0.05, 0.1) is 18.6 Å². The predicted octanol–water partition coefficient (Wildman–Crippen LogP) is -1.09. The summed E-state index contributed by atoms with van der Waals surface area (Å²) in [5.74, 6) is -2.00. The van der Waals surface area contributed by atoms with Crippen LogP contribution >= 0.6 is 0 Å². The minimum Gasteiger partial charge on any atom is -0.481 e. The van der Waals surface area contributed by atoms with Crippen molar-refractivity contribution in [2.75, 3.05) is 13.2 Å². The number of aliphatic hydroxyl groups excluding tert-OH is 2. The van der Waals surface area contributed by atoms with Crippen LogP contribution in [0.15, 0.2) is 12.2 Å². The predicted molar refractivity (Wildman–Crippen MR) is 45.4 cm³/mol. The molecule has 0 rings (SSSR count). The summed E-state index contributed by atoms with van der Waals surface area (Å²) in [7, 11) is 0. The Morgan fingerprint density at radius 2 is 2.00 bits per heavy atom. The van der Waals surface area contributed by atoms with E-state index in [1.165, 1.54) is 0 Å². The van der Waals surface area contributed by atoms with Crippen LogP contribution in [0.25, 0.3) is 0 Å². The quantitative estimate of drug-likeness (QED) is 0.375. The number of aliphatic hydroxyl groups is 2. The molecule has 14 heavy (non-hydrogen) atoms. The van der Waals surface area contributed by atoms with Gasteiger partial charge in [-0.25, -0.2) is 4.79 Å². The first-order chi connectivity index (χ1) is 6.49. The molecule has 3 N–H and O–H groups in total. The van der Waals surface area contributed by atoms with Gasteiger partial charge in [-0.15, -0.1) is 0 Å². The topological polar surface area (TPSA) is 104 Å². The van der Waals surface area contributed by atoms with Crippen molar-refractivity contribution >= 4 is 11.9 Å². The molecule has 1 atom stereocenters. The van der Waals surface area contributed by atoms with Crippen LogP contribution in [0.2, 0.25) is 0 Å². The third-order valence-electron chi connectivity index (χ3n) is 1.39. The van der Waals surface area contributed by atoms with Gasteiger partial charge in [0, 0.05) is 0 Å². The number of carbonyl (C=O) groups is 2. The van der Waals surface area contributed by atoms with Gasteiger partial charge in [-0.1, -0.05) is 6.58 Å². The van der Waals surface area contributed by atoms with Crippen molar-refractivity contribution in [3.63, 3.8) is 0 Å². The maximum Gasteiger partial charge on any atom is 0.336 e. The molecule has 0 aliphatic rings. The second kappa shape index (κ2) is 6.11. The first kappa shape index (κ1) is 12.6. The van der Waals surface area contributed by atoms with E-state index in [0.717, 1.165) is 0 Å². The number of aliphatic carboxylic acids is 1. The van der Waals surface area contributed by atoms with Crippen molar-refractivity contribution in [1.29, 1.82) is 0 Å². The van der Waals surface area contributed by atoms with Gasteiger partial charge in [0.15, 0.2) is 0 Å². The minimum atomic E-state index is -1.37. The van der Waals surface area contributed by atoms with Gasteiger partial charge < -0.3 is 20.1 Å². The molecule has 0 aliphatic carbocycles. The molecule has 0 aliphatic heterocycles. The van der Waals surface area contributed by atoms with Gasteiger partial charge in [-0.3, -0.25) is 4.79 Å². The molecule has 0 aromatic heterocycles. The highest BCUT2D eigenvalue weighted by atomic mass is 16.5. The second-order valence-corrected chi connectivity index (χ2v) is 2.50. The van der Waals surface area contributed by atoms with Crippen LogP contribution in [0.4, 0.5) is 0 Å². The number of hydrogen-bond donors (Lipinski definition) is 3. The van der Waals surface area contributed by atoms with E-state index in [1.54, 1.807) is 0 Å². The van der Waals surface area contributed by atoms with Crippen molar-refractivity contribution in [2.45, 2.75) is 12.5 Å². The molecule has 0 bridgehead atoms. The van der Waals surface area contributed by atoms with E-state index in [1.807, 2.05) is 0 Å². The number of esters is 1. The number of hydrogen-bond acceptors (Lipinski definition) is 5. The molecule has 0 amide bonds. The summed E-state index contributed by atoms with van der Waals surface area (Å²) < 4.78 is 4.45. The molecule has 1 unspecified atom stereocenters. The lowest BCUT2D eigenvalue weighted by molar-refractivity contribution is -0.144. The Morgan fingerprint density at radius 1 is 1.43 bits per heavy atom. The first-order valence-electron chi connectivity index (χ1n) is 3.85. The first-order valence-corrected chi connectivity index (χ1v) is 3.85. The highest BCUT2D eigenvalue weighted by Gasteiger charge is 2.16. The van der Waals surface area contributed by atoms with Crippen molar-refractivity contribution in [3.05, 3.63) is 12.2 Å². The fourth-order valence-electron chi connectivity index (χ4n) is 0.570. The van der Waals surface area contributed by atoms with E-state index >= 15 is 0 Å². The second-order valence-electron chi connectivity index (χ2n) is 2.50. The van der Waals surface area contributed by atoms with E-state index in [0.29, 0.717) is 0 Å². The largest absolute Gasteiger partial charge is 0.481 e. The number of rotatable bonds is 6. The normalized spacial score (nSPS) is 11.9. The van der Waals surface area contributed by atoms with E-state index in [2.05, 4.69) is 11.3 Å². The van der Waals surface area contributed by atoms with Gasteiger partial charge in [0.2, 0.25) is 0 Å². The zero-order chi connectivity index (χ0) is 11.1. The summed E-state index contributed by atoms with van der Waals surface area (Å²) in [5.41, 5.74) is -0.294. The molecule has 6 nitrogen and oxygen atoms in total. The van der Waals surface area contributed by atoms with Crippen molar-refractivity contribution in [3.8, 4) is 0 Å². The molecule has 0 aromatic carbocycles. The fourth-order valence-corrected chi connectivity index (χ4v) is 0.570. The Labute approximate surface area is 80.4 Å². The van der Waals surface area contributed by atoms with Crippen molar-refractivity contribution < 1.29 is 29.6 Å². The molecule has 0 aromatic rings. The van der Waals surface area contributed by atoms with E-state index in [-0.39, 0.29) is 18.6 Å². The molecule has 6 heteroatoms. The van der Waals surface area contributed by atoms with Gasteiger partial charge in [0.1, 0.15) is 12.7 Å². The number of carboxylic acids is 1. The van der Waals surface area contributed by atoms with Gasteiger partial charge in [-0.2, -0.15) is 0 Å². The highest BCUT2D eigenvalue weighted by Crippen LogP contribution is 2.01. The Morgan fingerprint density at radius 3 is 2.43 bits per heavy atom. The molecule has 0 saturated carbocycles. The van der Waals surface area contributed by atoms with Gasteiger partial charge in [-0.05, 0) is 0 Å². The molecular weight excluding hydrogens is 192 g/mol. The molecule has 0 saturated heterocycles. The van der Waals surface area contributed by atoms with Gasteiger partial charge in [0.25, 0.3) is 0 Å². The average Bonchev–Trinajstić information content (AvgIpc) is 2.14. The third kappa shape index (κ3) is 4.58. The monoisotopic (exact) mass is 204 g/mol. The minimum absolute atomic E-state index is 0.286. The number of ether oxygens (including phenoxy) is 1. The zero-order valence-corrected chi connectivity index (χ0v) is 7.47. The standard InChI is InChI=1S/C8H12O6/c1-5(6(10)4-9)8(13)14-3-2-7(11)12/h6,9-10H,1-4H2,(H,11,12). The van der Waals surface area contributed by atoms with Crippen molar-refractivity contribution in [1.82, 2.24) is 0 Å². The molecule has 0 spiro atoms. The molecular formula is C8H12O6. The van der Waals surface area contributed by atoms with E-state index < -0.39 is 24.6 Å². The summed E-state index contributed by atoms with van der Waals surface area (Å²) in [4.78, 5) is 21.0. The van der Waals surface area contributed by atoms with Crippen LogP contribution < -0.4 is 0 Å². The summed E-state index contributed by atoms with van der Waals surface area (Å²) in [6.45, 7) is 2.27. The van der Waals surface area contributed by atoms with Crippen LogP contribution in [0.3, 0.4) is 0 Å². The lowest BCUT2D eigenvalue weighted by Gasteiger charge is -2.09. The number of carbonyl (C=O) groups excluding carboxylic acids is 1.